The third kappa shape index (κ3) is 4.44. The minimum atomic E-state index is -0.112. The molecule has 1 N–H and O–H groups in total. The summed E-state index contributed by atoms with van der Waals surface area (Å²) in [5, 5.41) is 5.97. The van der Waals surface area contributed by atoms with Crippen LogP contribution in [0.4, 0.5) is 5.69 Å². The number of nitrogens with one attached hydrogen (secondary N) is 1. The van der Waals surface area contributed by atoms with Gasteiger partial charge in [-0.2, -0.15) is 0 Å². The van der Waals surface area contributed by atoms with Gasteiger partial charge < -0.3 is 10.2 Å². The van der Waals surface area contributed by atoms with Crippen LogP contribution in [-0.4, -0.2) is 58.0 Å². The lowest BCUT2D eigenvalue weighted by Crippen LogP contribution is -2.48. The first kappa shape index (κ1) is 21.2. The van der Waals surface area contributed by atoms with E-state index in [0.29, 0.717) is 18.7 Å². The van der Waals surface area contributed by atoms with E-state index in [-0.39, 0.29) is 17.1 Å². The highest BCUT2D eigenvalue weighted by Gasteiger charge is 2.26. The number of piperazine rings is 1. The van der Waals surface area contributed by atoms with Crippen LogP contribution in [0.1, 0.15) is 23.0 Å². The average molecular weight is 465 g/mol. The first-order valence-electron chi connectivity index (χ1n) is 10.7. The van der Waals surface area contributed by atoms with Crippen LogP contribution in [0, 0.1) is 0 Å². The Balaban J connectivity index is 1.18. The maximum absolute atomic E-state index is 13.0. The van der Waals surface area contributed by atoms with Gasteiger partial charge >= 0.3 is 0 Å². The Hall–Kier alpha value is -2.68. The molecule has 0 saturated carbocycles. The van der Waals surface area contributed by atoms with Crippen LogP contribution < -0.4 is 5.32 Å². The van der Waals surface area contributed by atoms with Crippen LogP contribution in [0.3, 0.4) is 0 Å². The van der Waals surface area contributed by atoms with E-state index in [1.807, 2.05) is 42.2 Å². The molecule has 0 radical (unpaired) electrons. The van der Waals surface area contributed by atoms with Crippen LogP contribution in [0.2, 0.25) is 0 Å². The number of nitrogens with zero attached hydrogens (tertiary/aromatic N) is 3. The van der Waals surface area contributed by atoms with Crippen LogP contribution in [0.25, 0.3) is 10.6 Å². The predicted octanol–water partition coefficient (Wildman–Crippen LogP) is 4.20. The van der Waals surface area contributed by atoms with Crippen molar-refractivity contribution in [2.45, 2.75) is 23.6 Å². The van der Waals surface area contributed by atoms with Gasteiger partial charge in [0, 0.05) is 54.1 Å². The van der Waals surface area contributed by atoms with Crippen molar-refractivity contribution in [1.82, 2.24) is 14.8 Å². The van der Waals surface area contributed by atoms with E-state index in [9.17, 15) is 9.59 Å². The van der Waals surface area contributed by atoms with E-state index in [1.54, 1.807) is 17.4 Å². The molecule has 2 aromatic carbocycles. The molecule has 164 valence electrons. The average Bonchev–Trinajstić information content (AvgIpc) is 3.29. The second-order valence-corrected chi connectivity index (χ2v) is 10.3. The van der Waals surface area contributed by atoms with Gasteiger partial charge in [-0.15, -0.1) is 23.1 Å². The summed E-state index contributed by atoms with van der Waals surface area (Å²) in [5.74, 6) is 0.00326. The number of rotatable bonds is 4. The van der Waals surface area contributed by atoms with Gasteiger partial charge in [0.2, 0.25) is 5.91 Å². The summed E-state index contributed by atoms with van der Waals surface area (Å²) in [4.78, 5) is 35.0. The Morgan fingerprint density at radius 2 is 1.91 bits per heavy atom. The molecule has 0 bridgehead atoms. The van der Waals surface area contributed by atoms with Gasteiger partial charge in [-0.05, 0) is 25.1 Å². The van der Waals surface area contributed by atoms with Gasteiger partial charge in [0.25, 0.3) is 5.91 Å². The zero-order valence-corrected chi connectivity index (χ0v) is 19.4. The number of amides is 2. The van der Waals surface area contributed by atoms with Gasteiger partial charge in [0.15, 0.2) is 0 Å². The quantitative estimate of drug-likeness (QED) is 0.627. The molecular weight excluding hydrogens is 440 g/mol. The number of hydrogen-bond acceptors (Lipinski definition) is 6. The molecule has 3 aromatic rings. The van der Waals surface area contributed by atoms with E-state index in [1.165, 1.54) is 11.8 Å². The first-order chi connectivity index (χ1) is 15.6. The summed E-state index contributed by atoms with van der Waals surface area (Å²) in [6.45, 7) is 5.69. The van der Waals surface area contributed by atoms with Crippen LogP contribution >= 0.6 is 23.1 Å². The molecular formula is C24H24N4O2S2. The van der Waals surface area contributed by atoms with Crippen molar-refractivity contribution >= 4 is 40.6 Å². The van der Waals surface area contributed by atoms with Crippen molar-refractivity contribution < 1.29 is 9.59 Å². The Morgan fingerprint density at radius 3 is 2.69 bits per heavy atom. The van der Waals surface area contributed by atoms with E-state index in [0.717, 1.165) is 46.5 Å². The molecule has 2 aliphatic rings. The van der Waals surface area contributed by atoms with Crippen molar-refractivity contribution in [3.05, 3.63) is 65.2 Å². The number of aromatic nitrogens is 1. The van der Waals surface area contributed by atoms with E-state index in [2.05, 4.69) is 27.7 Å². The minimum absolute atomic E-state index is 0.0156. The standard InChI is InChI=1S/C24H24N4O2S2/c1-16-22(29)26-20-13-18(7-8-21(20)32-16)24(30)28-11-9-27(10-12-28)14-19-15-31-23(25-19)17-5-3-2-4-6-17/h2-8,13,15-16H,9-12,14H2,1H3,(H,26,29). The maximum Gasteiger partial charge on any atom is 0.254 e. The van der Waals surface area contributed by atoms with E-state index in [4.69, 9.17) is 4.98 Å². The second kappa shape index (κ2) is 9.05. The number of carbonyl (C=O) groups is 2. The number of benzene rings is 2. The normalized spacial score (nSPS) is 18.8. The SMILES string of the molecule is CC1Sc2ccc(C(=O)N3CCN(Cc4csc(-c5ccccc5)n4)CC3)cc2NC1=O. The van der Waals surface area contributed by atoms with E-state index < -0.39 is 0 Å². The summed E-state index contributed by atoms with van der Waals surface area (Å²) in [5.41, 5.74) is 3.58. The first-order valence-corrected chi connectivity index (χ1v) is 12.5. The summed E-state index contributed by atoms with van der Waals surface area (Å²) in [7, 11) is 0. The maximum atomic E-state index is 13.0. The highest BCUT2D eigenvalue weighted by Crippen LogP contribution is 2.36. The molecule has 2 amide bonds. The molecule has 6 nitrogen and oxygen atoms in total. The third-order valence-electron chi connectivity index (χ3n) is 5.77. The third-order valence-corrected chi connectivity index (χ3v) is 7.89. The zero-order chi connectivity index (χ0) is 22.1. The van der Waals surface area contributed by atoms with Crippen molar-refractivity contribution in [2.75, 3.05) is 31.5 Å². The van der Waals surface area contributed by atoms with Gasteiger partial charge in [-0.25, -0.2) is 4.98 Å². The zero-order valence-electron chi connectivity index (χ0n) is 17.8. The highest BCUT2D eigenvalue weighted by atomic mass is 32.2. The molecule has 1 fully saturated rings. The lowest BCUT2D eigenvalue weighted by Gasteiger charge is -2.34. The lowest BCUT2D eigenvalue weighted by atomic mass is 10.1. The molecule has 2 aliphatic heterocycles. The number of anilines is 1. The predicted molar refractivity (Wildman–Crippen MR) is 129 cm³/mol. The van der Waals surface area contributed by atoms with Crippen LogP contribution in [0.5, 0.6) is 0 Å². The fourth-order valence-corrected chi connectivity index (χ4v) is 5.70. The number of thioether (sulfide) groups is 1. The van der Waals surface area contributed by atoms with Crippen molar-refractivity contribution in [2.24, 2.45) is 0 Å². The lowest BCUT2D eigenvalue weighted by molar-refractivity contribution is -0.115. The number of thiazole rings is 1. The smallest absolute Gasteiger partial charge is 0.254 e. The van der Waals surface area contributed by atoms with Gasteiger partial charge in [-0.1, -0.05) is 30.3 Å². The molecule has 1 unspecified atom stereocenters. The molecule has 1 atom stereocenters. The molecule has 32 heavy (non-hydrogen) atoms. The Labute approximate surface area is 195 Å². The fourth-order valence-electron chi connectivity index (χ4n) is 3.96. The summed E-state index contributed by atoms with van der Waals surface area (Å²) in [6, 6.07) is 15.8. The van der Waals surface area contributed by atoms with Crippen molar-refractivity contribution in [3.63, 3.8) is 0 Å². The van der Waals surface area contributed by atoms with Gasteiger partial charge in [-0.3, -0.25) is 14.5 Å². The Bertz CT molecular complexity index is 1140. The summed E-state index contributed by atoms with van der Waals surface area (Å²) >= 11 is 3.20. The number of carbonyl (C=O) groups excluding carboxylic acids is 2. The van der Waals surface area contributed by atoms with Crippen LogP contribution in [0.15, 0.2) is 58.8 Å². The molecule has 3 heterocycles. The molecule has 1 aromatic heterocycles. The van der Waals surface area contributed by atoms with Crippen LogP contribution in [-0.2, 0) is 11.3 Å². The fraction of sp³-hybridized carbons (Fsp3) is 0.292. The largest absolute Gasteiger partial charge is 0.336 e. The number of fused-ring (bicyclic) bond motifs is 1. The van der Waals surface area contributed by atoms with Crippen molar-refractivity contribution in [3.8, 4) is 10.6 Å². The van der Waals surface area contributed by atoms with E-state index >= 15 is 0 Å². The van der Waals surface area contributed by atoms with Gasteiger partial charge in [0.05, 0.1) is 16.6 Å². The second-order valence-electron chi connectivity index (χ2n) is 8.04. The molecule has 5 rings (SSSR count). The Kier molecular flexibility index (Phi) is 5.99. The molecule has 0 spiro atoms. The topological polar surface area (TPSA) is 65.5 Å². The van der Waals surface area contributed by atoms with Gasteiger partial charge in [0.1, 0.15) is 5.01 Å². The summed E-state index contributed by atoms with van der Waals surface area (Å²) < 4.78 is 0. The number of hydrogen-bond donors (Lipinski definition) is 1. The minimum Gasteiger partial charge on any atom is -0.336 e. The molecule has 8 heteroatoms. The Morgan fingerprint density at radius 1 is 1.12 bits per heavy atom. The molecule has 1 saturated heterocycles. The summed E-state index contributed by atoms with van der Waals surface area (Å²) in [6.07, 6.45) is 0. The van der Waals surface area contributed by atoms with Crippen molar-refractivity contribution in [1.29, 1.82) is 0 Å². The monoisotopic (exact) mass is 464 g/mol. The molecule has 0 aliphatic carbocycles. The highest BCUT2D eigenvalue weighted by molar-refractivity contribution is 8.00.